The Morgan fingerprint density at radius 3 is 2.44 bits per heavy atom. The number of benzene rings is 2. The van der Waals surface area contributed by atoms with Crippen LogP contribution in [0.4, 0.5) is 0 Å². The Bertz CT molecular complexity index is 576. The van der Waals surface area contributed by atoms with E-state index in [-0.39, 0.29) is 5.75 Å². The van der Waals surface area contributed by atoms with E-state index in [1.165, 1.54) is 0 Å². The van der Waals surface area contributed by atoms with Crippen molar-refractivity contribution >= 4 is 28.1 Å². The molecule has 0 amide bonds. The molecule has 1 N–H and O–H groups in total. The first-order valence-electron chi connectivity index (χ1n) is 5.51. The molecule has 2 nitrogen and oxygen atoms in total. The van der Waals surface area contributed by atoms with Gasteiger partial charge in [-0.25, -0.2) is 0 Å². The molecule has 0 atom stereocenters. The fraction of sp³-hybridized carbons (Fsp3) is 0.0667. The average Bonchev–Trinajstić information content (AvgIpc) is 2.41. The SMILES string of the molecule is COc1ccccc1C=Cc1cccc(Br)c1O. The fourth-order valence-corrected chi connectivity index (χ4v) is 2.03. The van der Waals surface area contributed by atoms with Gasteiger partial charge in [0.25, 0.3) is 0 Å². The molecule has 0 aliphatic heterocycles. The number of halogens is 1. The van der Waals surface area contributed by atoms with Crippen LogP contribution in [0.1, 0.15) is 11.1 Å². The predicted molar refractivity (Wildman–Crippen MR) is 77.7 cm³/mol. The number of hydrogen-bond acceptors (Lipinski definition) is 2. The molecule has 2 aromatic carbocycles. The van der Waals surface area contributed by atoms with Crippen molar-refractivity contribution < 1.29 is 9.84 Å². The fourth-order valence-electron chi connectivity index (χ4n) is 1.65. The molecule has 0 unspecified atom stereocenters. The van der Waals surface area contributed by atoms with E-state index in [2.05, 4.69) is 15.9 Å². The smallest absolute Gasteiger partial charge is 0.136 e. The highest BCUT2D eigenvalue weighted by molar-refractivity contribution is 9.10. The van der Waals surface area contributed by atoms with Crippen LogP contribution in [-0.2, 0) is 0 Å². The van der Waals surface area contributed by atoms with Crippen LogP contribution in [0.2, 0.25) is 0 Å². The van der Waals surface area contributed by atoms with Crippen LogP contribution >= 0.6 is 15.9 Å². The lowest BCUT2D eigenvalue weighted by molar-refractivity contribution is 0.414. The van der Waals surface area contributed by atoms with Gasteiger partial charge in [0.1, 0.15) is 11.5 Å². The minimum Gasteiger partial charge on any atom is -0.506 e. The summed E-state index contributed by atoms with van der Waals surface area (Å²) < 4.78 is 5.95. The highest BCUT2D eigenvalue weighted by Crippen LogP contribution is 2.29. The first-order chi connectivity index (χ1) is 8.72. The van der Waals surface area contributed by atoms with Gasteiger partial charge in [0, 0.05) is 11.1 Å². The second-order valence-corrected chi connectivity index (χ2v) is 4.61. The highest BCUT2D eigenvalue weighted by atomic mass is 79.9. The Hall–Kier alpha value is -1.74. The molecule has 0 aromatic heterocycles. The minimum absolute atomic E-state index is 0.239. The van der Waals surface area contributed by atoms with E-state index in [0.717, 1.165) is 16.9 Å². The summed E-state index contributed by atoms with van der Waals surface area (Å²) in [5.41, 5.74) is 1.73. The summed E-state index contributed by atoms with van der Waals surface area (Å²) in [5, 5.41) is 9.87. The van der Waals surface area contributed by atoms with E-state index in [4.69, 9.17) is 4.74 Å². The van der Waals surface area contributed by atoms with Gasteiger partial charge in [0.15, 0.2) is 0 Å². The summed E-state index contributed by atoms with van der Waals surface area (Å²) in [6.45, 7) is 0. The number of phenolic OH excluding ortho intramolecular Hbond substituents is 1. The maximum Gasteiger partial charge on any atom is 0.136 e. The second kappa shape index (κ2) is 5.74. The van der Waals surface area contributed by atoms with Gasteiger partial charge in [-0.15, -0.1) is 0 Å². The summed E-state index contributed by atoms with van der Waals surface area (Å²) in [6, 6.07) is 13.3. The molecule has 2 aromatic rings. The molecule has 3 heteroatoms. The van der Waals surface area contributed by atoms with E-state index < -0.39 is 0 Å². The van der Waals surface area contributed by atoms with E-state index in [1.54, 1.807) is 13.2 Å². The number of methoxy groups -OCH3 is 1. The van der Waals surface area contributed by atoms with Gasteiger partial charge in [0.05, 0.1) is 11.6 Å². The number of hydrogen-bond donors (Lipinski definition) is 1. The third-order valence-electron chi connectivity index (χ3n) is 2.60. The molecule has 0 radical (unpaired) electrons. The number of ether oxygens (including phenoxy) is 1. The molecule has 2 rings (SSSR count). The quantitative estimate of drug-likeness (QED) is 0.855. The third-order valence-corrected chi connectivity index (χ3v) is 3.24. The second-order valence-electron chi connectivity index (χ2n) is 3.75. The first-order valence-corrected chi connectivity index (χ1v) is 6.30. The van der Waals surface area contributed by atoms with Crippen molar-refractivity contribution in [2.45, 2.75) is 0 Å². The van der Waals surface area contributed by atoms with Crippen molar-refractivity contribution in [3.63, 3.8) is 0 Å². The van der Waals surface area contributed by atoms with Gasteiger partial charge in [-0.05, 0) is 28.1 Å². The van der Waals surface area contributed by atoms with Crippen molar-refractivity contribution in [2.24, 2.45) is 0 Å². The molecule has 0 saturated carbocycles. The van der Waals surface area contributed by atoms with Crippen LogP contribution in [0.5, 0.6) is 11.5 Å². The molecule has 0 heterocycles. The van der Waals surface area contributed by atoms with Crippen molar-refractivity contribution in [3.8, 4) is 11.5 Å². The largest absolute Gasteiger partial charge is 0.506 e. The Morgan fingerprint density at radius 1 is 1.00 bits per heavy atom. The number of aromatic hydroxyl groups is 1. The molecule has 0 bridgehead atoms. The Kier molecular flexibility index (Phi) is 4.05. The van der Waals surface area contributed by atoms with Crippen molar-refractivity contribution in [2.75, 3.05) is 7.11 Å². The van der Waals surface area contributed by atoms with Crippen LogP contribution in [-0.4, -0.2) is 12.2 Å². The minimum atomic E-state index is 0.239. The van der Waals surface area contributed by atoms with E-state index in [0.29, 0.717) is 4.47 Å². The normalized spacial score (nSPS) is 10.8. The first kappa shape index (κ1) is 12.7. The van der Waals surface area contributed by atoms with E-state index in [1.807, 2.05) is 48.6 Å². The summed E-state index contributed by atoms with van der Waals surface area (Å²) in [7, 11) is 1.64. The zero-order valence-corrected chi connectivity index (χ0v) is 11.5. The molecule has 92 valence electrons. The van der Waals surface area contributed by atoms with Gasteiger partial charge in [0.2, 0.25) is 0 Å². The molecule has 0 aliphatic carbocycles. The van der Waals surface area contributed by atoms with Crippen LogP contribution in [0.3, 0.4) is 0 Å². The molecule has 0 spiro atoms. The van der Waals surface area contributed by atoms with Crippen LogP contribution < -0.4 is 4.74 Å². The van der Waals surface area contributed by atoms with Crippen molar-refractivity contribution in [3.05, 3.63) is 58.1 Å². The van der Waals surface area contributed by atoms with Gasteiger partial charge in [-0.3, -0.25) is 0 Å². The van der Waals surface area contributed by atoms with E-state index in [9.17, 15) is 5.11 Å². The molecular formula is C15H13BrO2. The third kappa shape index (κ3) is 2.74. The summed E-state index contributed by atoms with van der Waals surface area (Å²) in [5.74, 6) is 1.05. The zero-order valence-electron chi connectivity index (χ0n) is 9.93. The lowest BCUT2D eigenvalue weighted by Gasteiger charge is -2.04. The summed E-state index contributed by atoms with van der Waals surface area (Å²) >= 11 is 3.29. The van der Waals surface area contributed by atoms with Crippen LogP contribution in [0.15, 0.2) is 46.9 Å². The zero-order chi connectivity index (χ0) is 13.0. The average molecular weight is 305 g/mol. The molecular weight excluding hydrogens is 292 g/mol. The molecule has 0 aliphatic rings. The standard InChI is InChI=1S/C15H13BrO2/c1-18-14-8-3-2-5-11(14)9-10-12-6-4-7-13(16)15(12)17/h2-10,17H,1H3. The predicted octanol–water partition coefficient (Wildman–Crippen LogP) is 4.33. The number of phenols is 1. The van der Waals surface area contributed by atoms with Gasteiger partial charge in [-0.1, -0.05) is 42.5 Å². The van der Waals surface area contributed by atoms with Gasteiger partial charge in [-0.2, -0.15) is 0 Å². The van der Waals surface area contributed by atoms with E-state index >= 15 is 0 Å². The monoisotopic (exact) mass is 304 g/mol. The highest BCUT2D eigenvalue weighted by Gasteiger charge is 2.02. The molecule has 18 heavy (non-hydrogen) atoms. The van der Waals surface area contributed by atoms with Crippen LogP contribution in [0.25, 0.3) is 12.2 Å². The maximum atomic E-state index is 9.87. The number of para-hydroxylation sites is 2. The Labute approximate surface area is 115 Å². The Morgan fingerprint density at radius 2 is 1.67 bits per heavy atom. The van der Waals surface area contributed by atoms with Crippen LogP contribution in [0, 0.1) is 0 Å². The summed E-state index contributed by atoms with van der Waals surface area (Å²) in [4.78, 5) is 0. The molecule has 0 fully saturated rings. The lowest BCUT2D eigenvalue weighted by atomic mass is 10.1. The van der Waals surface area contributed by atoms with Crippen molar-refractivity contribution in [1.82, 2.24) is 0 Å². The molecule has 0 saturated heterocycles. The van der Waals surface area contributed by atoms with Gasteiger partial charge >= 0.3 is 0 Å². The Balaban J connectivity index is 2.33. The summed E-state index contributed by atoms with van der Waals surface area (Å²) in [6.07, 6.45) is 3.78. The topological polar surface area (TPSA) is 29.5 Å². The van der Waals surface area contributed by atoms with Crippen molar-refractivity contribution in [1.29, 1.82) is 0 Å². The number of rotatable bonds is 3. The lowest BCUT2D eigenvalue weighted by Crippen LogP contribution is -1.85. The maximum absolute atomic E-state index is 9.87. The van der Waals surface area contributed by atoms with Gasteiger partial charge < -0.3 is 9.84 Å².